The Morgan fingerprint density at radius 2 is 1.68 bits per heavy atom. The van der Waals surface area contributed by atoms with Gasteiger partial charge in [0.2, 0.25) is 0 Å². The summed E-state index contributed by atoms with van der Waals surface area (Å²) in [4.78, 5) is 12.5. The maximum atomic E-state index is 13.7. The zero-order chi connectivity index (χ0) is 14.6. The van der Waals surface area contributed by atoms with Crippen molar-refractivity contribution >= 4 is 5.78 Å². The van der Waals surface area contributed by atoms with Crippen molar-refractivity contribution in [2.45, 2.75) is 33.6 Å². The Hall–Kier alpha value is -1.69. The maximum absolute atomic E-state index is 13.7. The molecule has 0 amide bonds. The van der Waals surface area contributed by atoms with E-state index in [1.54, 1.807) is 12.1 Å². The van der Waals surface area contributed by atoms with Gasteiger partial charge in [-0.3, -0.25) is 4.79 Å². The molecule has 0 aliphatic rings. The average Bonchev–Trinajstić information content (AvgIpc) is 2.31. The van der Waals surface area contributed by atoms with E-state index in [0.29, 0.717) is 0 Å². The van der Waals surface area contributed by atoms with Crippen LogP contribution in [0, 0.1) is 34.9 Å². The van der Waals surface area contributed by atoms with E-state index in [0.717, 1.165) is 0 Å². The van der Waals surface area contributed by atoms with Crippen molar-refractivity contribution in [1.29, 1.82) is 5.26 Å². The van der Waals surface area contributed by atoms with Gasteiger partial charge in [0, 0.05) is 11.5 Å². The third-order valence-corrected chi connectivity index (χ3v) is 3.39. The van der Waals surface area contributed by atoms with Crippen molar-refractivity contribution in [2.24, 2.45) is 17.8 Å². The Labute approximate surface area is 114 Å². The van der Waals surface area contributed by atoms with E-state index in [4.69, 9.17) is 0 Å². The second kappa shape index (κ2) is 6.47. The van der Waals surface area contributed by atoms with E-state index in [-0.39, 0.29) is 29.1 Å². The third kappa shape index (κ3) is 3.41. The molecular formula is C16H20FNO. The van der Waals surface area contributed by atoms with E-state index >= 15 is 0 Å². The smallest absolute Gasteiger partial charge is 0.158 e. The number of ketones is 1. The molecule has 0 saturated heterocycles. The molecule has 2 nitrogen and oxygen atoms in total. The molecular weight excluding hydrogens is 241 g/mol. The van der Waals surface area contributed by atoms with Crippen molar-refractivity contribution in [3.8, 4) is 6.07 Å². The summed E-state index contributed by atoms with van der Waals surface area (Å²) >= 11 is 0. The standard InChI is InChI=1S/C16H20FNO/c1-10(2)15(11(3)4)16(19)13(9-18)12-7-5-6-8-14(12)17/h5-8,10-11,13,15H,1-4H3. The molecule has 0 spiro atoms. The van der Waals surface area contributed by atoms with Crippen LogP contribution in [0.25, 0.3) is 0 Å². The monoisotopic (exact) mass is 261 g/mol. The van der Waals surface area contributed by atoms with E-state index in [9.17, 15) is 14.4 Å². The highest BCUT2D eigenvalue weighted by atomic mass is 19.1. The normalized spacial score (nSPS) is 12.8. The second-order valence-corrected chi connectivity index (χ2v) is 5.50. The van der Waals surface area contributed by atoms with Gasteiger partial charge in [-0.2, -0.15) is 5.26 Å². The number of carbonyl (C=O) groups is 1. The van der Waals surface area contributed by atoms with Gasteiger partial charge < -0.3 is 0 Å². The fourth-order valence-corrected chi connectivity index (χ4v) is 2.61. The highest BCUT2D eigenvalue weighted by molar-refractivity contribution is 5.90. The van der Waals surface area contributed by atoms with Gasteiger partial charge in [0.1, 0.15) is 11.7 Å². The summed E-state index contributed by atoms with van der Waals surface area (Å²) in [7, 11) is 0. The maximum Gasteiger partial charge on any atom is 0.158 e. The number of Topliss-reactive ketones (excluding diaryl/α,β-unsaturated/α-hetero) is 1. The molecule has 19 heavy (non-hydrogen) atoms. The molecule has 0 aliphatic carbocycles. The number of halogens is 1. The molecule has 0 heterocycles. The van der Waals surface area contributed by atoms with Crippen molar-refractivity contribution in [3.63, 3.8) is 0 Å². The van der Waals surface area contributed by atoms with Gasteiger partial charge in [0.05, 0.1) is 6.07 Å². The molecule has 1 aromatic carbocycles. The molecule has 1 rings (SSSR count). The SMILES string of the molecule is CC(C)C(C(=O)C(C#N)c1ccccc1F)C(C)C. The Bertz CT molecular complexity index is 480. The van der Waals surface area contributed by atoms with Crippen LogP contribution in [-0.4, -0.2) is 5.78 Å². The first-order valence-electron chi connectivity index (χ1n) is 6.57. The van der Waals surface area contributed by atoms with Crippen LogP contribution in [0.1, 0.15) is 39.2 Å². The molecule has 0 N–H and O–H groups in total. The van der Waals surface area contributed by atoms with Crippen LogP contribution in [0.2, 0.25) is 0 Å². The molecule has 0 radical (unpaired) electrons. The predicted octanol–water partition coefficient (Wildman–Crippen LogP) is 3.93. The lowest BCUT2D eigenvalue weighted by atomic mass is 9.76. The quantitative estimate of drug-likeness (QED) is 0.805. The fraction of sp³-hybridized carbons (Fsp3) is 0.500. The van der Waals surface area contributed by atoms with E-state index in [1.807, 2.05) is 33.8 Å². The summed E-state index contributed by atoms with van der Waals surface area (Å²) in [6.07, 6.45) is 0. The second-order valence-electron chi connectivity index (χ2n) is 5.50. The highest BCUT2D eigenvalue weighted by Gasteiger charge is 2.33. The Kier molecular flexibility index (Phi) is 5.23. The lowest BCUT2D eigenvalue weighted by Crippen LogP contribution is -2.30. The highest BCUT2D eigenvalue weighted by Crippen LogP contribution is 2.30. The number of nitrogens with zero attached hydrogens (tertiary/aromatic N) is 1. The predicted molar refractivity (Wildman–Crippen MR) is 72.9 cm³/mol. The van der Waals surface area contributed by atoms with Crippen molar-refractivity contribution < 1.29 is 9.18 Å². The lowest BCUT2D eigenvalue weighted by Gasteiger charge is -2.25. The fourth-order valence-electron chi connectivity index (χ4n) is 2.61. The minimum absolute atomic E-state index is 0.134. The summed E-state index contributed by atoms with van der Waals surface area (Å²) in [6.45, 7) is 7.83. The summed E-state index contributed by atoms with van der Waals surface area (Å²) in [6, 6.07) is 7.96. The largest absolute Gasteiger partial charge is 0.298 e. The number of carbonyl (C=O) groups excluding carboxylic acids is 1. The van der Waals surface area contributed by atoms with Crippen LogP contribution in [-0.2, 0) is 4.79 Å². The first kappa shape index (κ1) is 15.4. The molecule has 0 aromatic heterocycles. The Balaban J connectivity index is 3.15. The van der Waals surface area contributed by atoms with Gasteiger partial charge in [-0.05, 0) is 17.9 Å². The van der Waals surface area contributed by atoms with Gasteiger partial charge in [-0.25, -0.2) is 4.39 Å². The first-order chi connectivity index (χ1) is 8.90. The Morgan fingerprint density at radius 3 is 2.11 bits per heavy atom. The molecule has 0 bridgehead atoms. The minimum Gasteiger partial charge on any atom is -0.298 e. The van der Waals surface area contributed by atoms with E-state index in [1.165, 1.54) is 12.1 Å². The third-order valence-electron chi connectivity index (χ3n) is 3.39. The summed E-state index contributed by atoms with van der Waals surface area (Å²) in [5, 5.41) is 9.25. The number of hydrogen-bond donors (Lipinski definition) is 0. The molecule has 1 unspecified atom stereocenters. The van der Waals surface area contributed by atoms with Crippen LogP contribution < -0.4 is 0 Å². The van der Waals surface area contributed by atoms with E-state index in [2.05, 4.69) is 0 Å². The molecule has 1 aromatic rings. The van der Waals surface area contributed by atoms with E-state index < -0.39 is 11.7 Å². The number of hydrogen-bond acceptors (Lipinski definition) is 2. The topological polar surface area (TPSA) is 40.9 Å². The van der Waals surface area contributed by atoms with Crippen LogP contribution >= 0.6 is 0 Å². The zero-order valence-electron chi connectivity index (χ0n) is 11.9. The number of rotatable bonds is 5. The number of benzene rings is 1. The molecule has 3 heteroatoms. The van der Waals surface area contributed by atoms with Gasteiger partial charge >= 0.3 is 0 Å². The summed E-state index contributed by atoms with van der Waals surface area (Å²) in [5.41, 5.74) is 0.182. The van der Waals surface area contributed by atoms with Crippen molar-refractivity contribution in [3.05, 3.63) is 35.6 Å². The van der Waals surface area contributed by atoms with Gasteiger partial charge in [-0.1, -0.05) is 45.9 Å². The van der Waals surface area contributed by atoms with Crippen LogP contribution in [0.3, 0.4) is 0 Å². The van der Waals surface area contributed by atoms with Crippen LogP contribution in [0.5, 0.6) is 0 Å². The van der Waals surface area contributed by atoms with Crippen LogP contribution in [0.4, 0.5) is 4.39 Å². The lowest BCUT2D eigenvalue weighted by molar-refractivity contribution is -0.126. The molecule has 1 atom stereocenters. The van der Waals surface area contributed by atoms with Crippen molar-refractivity contribution in [1.82, 2.24) is 0 Å². The molecule has 0 aliphatic heterocycles. The molecule has 0 fully saturated rings. The summed E-state index contributed by atoms with van der Waals surface area (Å²) < 4.78 is 13.7. The zero-order valence-corrected chi connectivity index (χ0v) is 11.9. The minimum atomic E-state index is -1.02. The van der Waals surface area contributed by atoms with Gasteiger partial charge in [-0.15, -0.1) is 0 Å². The summed E-state index contributed by atoms with van der Waals surface area (Å²) in [5.74, 6) is -1.66. The average molecular weight is 261 g/mol. The number of nitriles is 1. The van der Waals surface area contributed by atoms with Gasteiger partial charge in [0.25, 0.3) is 0 Å². The first-order valence-corrected chi connectivity index (χ1v) is 6.57. The molecule has 0 saturated carbocycles. The van der Waals surface area contributed by atoms with Gasteiger partial charge in [0.15, 0.2) is 5.78 Å². The Morgan fingerprint density at radius 1 is 1.16 bits per heavy atom. The van der Waals surface area contributed by atoms with Crippen molar-refractivity contribution in [2.75, 3.05) is 0 Å². The molecule has 102 valence electrons. The van der Waals surface area contributed by atoms with Crippen LogP contribution in [0.15, 0.2) is 24.3 Å².